The van der Waals surface area contributed by atoms with E-state index in [1.54, 1.807) is 18.2 Å². The Balaban J connectivity index is 2.36. The summed E-state index contributed by atoms with van der Waals surface area (Å²) in [6.07, 6.45) is 2.61. The molecule has 0 saturated heterocycles. The van der Waals surface area contributed by atoms with Gasteiger partial charge in [0, 0.05) is 4.88 Å². The van der Waals surface area contributed by atoms with Crippen LogP contribution in [0.2, 0.25) is 0 Å². The first-order valence-corrected chi connectivity index (χ1v) is 5.06. The summed E-state index contributed by atoms with van der Waals surface area (Å²) in [7, 11) is 0. The Morgan fingerprint density at radius 2 is 2.43 bits per heavy atom. The Kier molecular flexibility index (Phi) is 4.35. The minimum absolute atomic E-state index is 0.354. The summed E-state index contributed by atoms with van der Waals surface area (Å²) in [5, 5.41) is 8.66. The molecular weight excluding hydrogens is 200 g/mol. The molecular formula is C10H12O3S. The van der Waals surface area contributed by atoms with Crippen LogP contribution in [0.15, 0.2) is 24.8 Å². The topological polar surface area (TPSA) is 46.5 Å². The molecule has 0 fully saturated rings. The Morgan fingerprint density at radius 1 is 1.64 bits per heavy atom. The molecule has 76 valence electrons. The highest BCUT2D eigenvalue weighted by Gasteiger charge is 2.06. The van der Waals surface area contributed by atoms with Crippen LogP contribution in [0, 0.1) is 0 Å². The number of carboxylic acid groups (broad SMARTS) is 1. The van der Waals surface area contributed by atoms with Crippen LogP contribution in [0.3, 0.4) is 0 Å². The lowest BCUT2D eigenvalue weighted by atomic mass is 10.4. The molecule has 0 aliphatic carbocycles. The van der Waals surface area contributed by atoms with Crippen molar-refractivity contribution in [1.82, 2.24) is 0 Å². The first-order valence-electron chi connectivity index (χ1n) is 4.24. The van der Waals surface area contributed by atoms with Crippen LogP contribution in [0.25, 0.3) is 0 Å². The highest BCUT2D eigenvalue weighted by molar-refractivity contribution is 7.13. The van der Waals surface area contributed by atoms with Gasteiger partial charge in [0.05, 0.1) is 13.2 Å². The molecule has 3 nitrogen and oxygen atoms in total. The molecule has 0 bridgehead atoms. The molecule has 0 aromatic carbocycles. The summed E-state index contributed by atoms with van der Waals surface area (Å²) in [5.41, 5.74) is 0. The quantitative estimate of drug-likeness (QED) is 0.582. The summed E-state index contributed by atoms with van der Waals surface area (Å²) < 4.78 is 5.30. The number of carbonyl (C=O) groups is 1. The van der Waals surface area contributed by atoms with Gasteiger partial charge in [0.25, 0.3) is 0 Å². The normalized spacial score (nSPS) is 10.0. The van der Waals surface area contributed by atoms with Gasteiger partial charge in [0.2, 0.25) is 0 Å². The van der Waals surface area contributed by atoms with Gasteiger partial charge in [-0.05, 0) is 18.6 Å². The van der Waals surface area contributed by atoms with Gasteiger partial charge in [-0.3, -0.25) is 0 Å². The first-order chi connectivity index (χ1) is 6.74. The molecule has 1 rings (SSSR count). The highest BCUT2D eigenvalue weighted by Crippen LogP contribution is 2.17. The fraction of sp³-hybridized carbons (Fsp3) is 0.300. The molecule has 0 amide bonds. The van der Waals surface area contributed by atoms with Gasteiger partial charge in [-0.2, -0.15) is 0 Å². The van der Waals surface area contributed by atoms with E-state index in [2.05, 4.69) is 6.58 Å². The van der Waals surface area contributed by atoms with Crippen LogP contribution >= 0.6 is 11.3 Å². The van der Waals surface area contributed by atoms with Crippen molar-refractivity contribution in [3.05, 3.63) is 34.5 Å². The molecule has 1 N–H and O–H groups in total. The van der Waals surface area contributed by atoms with E-state index in [0.717, 1.165) is 11.3 Å². The van der Waals surface area contributed by atoms with Crippen molar-refractivity contribution in [2.45, 2.75) is 13.0 Å². The standard InChI is InChI=1S/C10H12O3S/c1-2-3-6-13-7-8-4-5-9(14-8)10(11)12/h2,4-5H,1,3,6-7H2,(H,11,12). The molecule has 0 atom stereocenters. The predicted octanol–water partition coefficient (Wildman–Crippen LogP) is 2.54. The van der Waals surface area contributed by atoms with E-state index < -0.39 is 5.97 Å². The van der Waals surface area contributed by atoms with Gasteiger partial charge in [0.1, 0.15) is 4.88 Å². The lowest BCUT2D eigenvalue weighted by Crippen LogP contribution is -1.92. The minimum atomic E-state index is -0.882. The lowest BCUT2D eigenvalue weighted by molar-refractivity contribution is 0.0702. The highest BCUT2D eigenvalue weighted by atomic mass is 32.1. The average Bonchev–Trinajstić information content (AvgIpc) is 2.61. The molecule has 0 spiro atoms. The maximum atomic E-state index is 10.5. The molecule has 14 heavy (non-hydrogen) atoms. The fourth-order valence-corrected chi connectivity index (χ4v) is 1.69. The molecule has 1 aromatic heterocycles. The summed E-state index contributed by atoms with van der Waals surface area (Å²) in [5.74, 6) is -0.882. The van der Waals surface area contributed by atoms with Crippen molar-refractivity contribution in [2.75, 3.05) is 6.61 Å². The maximum absolute atomic E-state index is 10.5. The predicted molar refractivity (Wildman–Crippen MR) is 55.7 cm³/mol. The zero-order valence-electron chi connectivity index (χ0n) is 7.73. The van der Waals surface area contributed by atoms with E-state index >= 15 is 0 Å². The number of thiophene rings is 1. The average molecular weight is 212 g/mol. The van der Waals surface area contributed by atoms with Crippen LogP contribution in [0.4, 0.5) is 0 Å². The number of carboxylic acids is 1. The first kappa shape index (κ1) is 10.9. The summed E-state index contributed by atoms with van der Waals surface area (Å²) in [6, 6.07) is 3.38. The van der Waals surface area contributed by atoms with Crippen molar-refractivity contribution in [3.8, 4) is 0 Å². The summed E-state index contributed by atoms with van der Waals surface area (Å²) in [4.78, 5) is 11.8. The van der Waals surface area contributed by atoms with Gasteiger partial charge in [0.15, 0.2) is 0 Å². The number of hydrogen-bond acceptors (Lipinski definition) is 3. The Labute approximate surface area is 86.6 Å². The van der Waals surface area contributed by atoms with Crippen molar-refractivity contribution in [2.24, 2.45) is 0 Å². The molecule has 0 radical (unpaired) electrons. The number of aromatic carboxylic acids is 1. The van der Waals surface area contributed by atoms with Crippen LogP contribution in [-0.4, -0.2) is 17.7 Å². The van der Waals surface area contributed by atoms with Gasteiger partial charge in [-0.25, -0.2) is 4.79 Å². The van der Waals surface area contributed by atoms with Crippen molar-refractivity contribution < 1.29 is 14.6 Å². The van der Waals surface area contributed by atoms with E-state index in [0.29, 0.717) is 18.1 Å². The van der Waals surface area contributed by atoms with Crippen molar-refractivity contribution in [3.63, 3.8) is 0 Å². The van der Waals surface area contributed by atoms with Gasteiger partial charge in [-0.1, -0.05) is 6.08 Å². The number of rotatable bonds is 6. The van der Waals surface area contributed by atoms with Crippen LogP contribution in [0.5, 0.6) is 0 Å². The number of hydrogen-bond donors (Lipinski definition) is 1. The van der Waals surface area contributed by atoms with E-state index in [-0.39, 0.29) is 0 Å². The summed E-state index contributed by atoms with van der Waals surface area (Å²) in [6.45, 7) is 4.68. The molecule has 1 heterocycles. The molecule has 0 aliphatic heterocycles. The zero-order chi connectivity index (χ0) is 10.4. The fourth-order valence-electron chi connectivity index (χ4n) is 0.910. The smallest absolute Gasteiger partial charge is 0.345 e. The monoisotopic (exact) mass is 212 g/mol. The second-order valence-corrected chi connectivity index (χ2v) is 3.87. The van der Waals surface area contributed by atoms with E-state index in [1.807, 2.05) is 0 Å². The van der Waals surface area contributed by atoms with Gasteiger partial charge >= 0.3 is 5.97 Å². The zero-order valence-corrected chi connectivity index (χ0v) is 8.55. The van der Waals surface area contributed by atoms with E-state index in [9.17, 15) is 4.79 Å². The van der Waals surface area contributed by atoms with E-state index in [4.69, 9.17) is 9.84 Å². The minimum Gasteiger partial charge on any atom is -0.477 e. The molecule has 1 aromatic rings. The van der Waals surface area contributed by atoms with Crippen LogP contribution in [-0.2, 0) is 11.3 Å². The Bertz CT molecular complexity index is 317. The van der Waals surface area contributed by atoms with Crippen LogP contribution in [0.1, 0.15) is 21.0 Å². The largest absolute Gasteiger partial charge is 0.477 e. The molecule has 4 heteroatoms. The third-order valence-electron chi connectivity index (χ3n) is 1.58. The summed E-state index contributed by atoms with van der Waals surface area (Å²) >= 11 is 1.25. The van der Waals surface area contributed by atoms with Crippen molar-refractivity contribution in [1.29, 1.82) is 0 Å². The number of ether oxygens (including phenoxy) is 1. The SMILES string of the molecule is C=CCCOCc1ccc(C(=O)O)s1. The van der Waals surface area contributed by atoms with Crippen molar-refractivity contribution >= 4 is 17.3 Å². The third kappa shape index (κ3) is 3.32. The second kappa shape index (κ2) is 5.57. The molecule has 0 unspecified atom stereocenters. The van der Waals surface area contributed by atoms with E-state index in [1.165, 1.54) is 11.3 Å². The van der Waals surface area contributed by atoms with Crippen LogP contribution < -0.4 is 0 Å². The maximum Gasteiger partial charge on any atom is 0.345 e. The Morgan fingerprint density at radius 3 is 3.00 bits per heavy atom. The second-order valence-electron chi connectivity index (χ2n) is 2.70. The van der Waals surface area contributed by atoms with Gasteiger partial charge < -0.3 is 9.84 Å². The van der Waals surface area contributed by atoms with Gasteiger partial charge in [-0.15, -0.1) is 17.9 Å². The molecule has 0 saturated carbocycles. The Hall–Kier alpha value is -1.13. The third-order valence-corrected chi connectivity index (χ3v) is 2.63. The lowest BCUT2D eigenvalue weighted by Gasteiger charge is -1.98. The molecule has 0 aliphatic rings.